The van der Waals surface area contributed by atoms with E-state index < -0.39 is 36.6 Å². The predicted molar refractivity (Wildman–Crippen MR) is 80.2 cm³/mol. The second-order valence-corrected chi connectivity index (χ2v) is 5.88. The fourth-order valence-corrected chi connectivity index (χ4v) is 2.86. The average molecular weight is 344 g/mol. The smallest absolute Gasteiger partial charge is 0.401 e. The number of carboxylic acids is 1. The van der Waals surface area contributed by atoms with Gasteiger partial charge in [0.15, 0.2) is 6.04 Å². The van der Waals surface area contributed by atoms with Crippen LogP contribution in [0.3, 0.4) is 0 Å². The first kappa shape index (κ1) is 18.3. The Morgan fingerprint density at radius 3 is 2.54 bits per heavy atom. The van der Waals surface area contributed by atoms with Crippen LogP contribution in [0.4, 0.5) is 13.2 Å². The van der Waals surface area contributed by atoms with Gasteiger partial charge in [0.05, 0.1) is 12.5 Å². The first-order chi connectivity index (χ1) is 11.3. The topological polar surface area (TPSA) is 69.6 Å². The number of carboxylic acid groups (broad SMARTS) is 1. The number of carbonyl (C=O) groups excluding carboxylic acids is 1. The Morgan fingerprint density at radius 2 is 1.96 bits per heavy atom. The molecule has 1 aromatic rings. The number of alkyl halides is 3. The predicted octanol–water partition coefficient (Wildman–Crippen LogP) is 2.20. The molecule has 1 heterocycles. The van der Waals surface area contributed by atoms with Crippen LogP contribution in [0, 0.1) is 5.92 Å². The number of benzene rings is 1. The summed E-state index contributed by atoms with van der Waals surface area (Å²) < 4.78 is 37.5. The summed E-state index contributed by atoms with van der Waals surface area (Å²) in [6.07, 6.45) is -3.40. The molecule has 1 aliphatic rings. The lowest BCUT2D eigenvalue weighted by atomic mass is 9.96. The third kappa shape index (κ3) is 5.23. The summed E-state index contributed by atoms with van der Waals surface area (Å²) in [7, 11) is 0. The van der Waals surface area contributed by atoms with Gasteiger partial charge in [-0.25, -0.2) is 4.79 Å². The summed E-state index contributed by atoms with van der Waals surface area (Å²) in [5.74, 6) is -2.39. The molecule has 1 aliphatic heterocycles. The van der Waals surface area contributed by atoms with E-state index in [-0.39, 0.29) is 13.1 Å². The van der Waals surface area contributed by atoms with Crippen LogP contribution in [-0.2, 0) is 9.59 Å². The zero-order valence-electron chi connectivity index (χ0n) is 12.9. The molecule has 1 amide bonds. The number of likely N-dealkylation sites (tertiary alicyclic amines) is 1. The van der Waals surface area contributed by atoms with Gasteiger partial charge in [-0.15, -0.1) is 0 Å². The van der Waals surface area contributed by atoms with Crippen molar-refractivity contribution in [3.8, 4) is 0 Å². The van der Waals surface area contributed by atoms with Gasteiger partial charge < -0.3 is 10.4 Å². The van der Waals surface area contributed by atoms with Crippen LogP contribution < -0.4 is 5.32 Å². The molecule has 8 heteroatoms. The first-order valence-corrected chi connectivity index (χ1v) is 7.63. The van der Waals surface area contributed by atoms with E-state index in [0.29, 0.717) is 18.4 Å². The van der Waals surface area contributed by atoms with Crippen LogP contribution in [0.2, 0.25) is 0 Å². The van der Waals surface area contributed by atoms with Crippen LogP contribution >= 0.6 is 0 Å². The van der Waals surface area contributed by atoms with Gasteiger partial charge in [-0.05, 0) is 24.9 Å². The maximum absolute atomic E-state index is 12.5. The zero-order chi connectivity index (χ0) is 17.7. The van der Waals surface area contributed by atoms with Crippen LogP contribution in [-0.4, -0.2) is 47.7 Å². The lowest BCUT2D eigenvalue weighted by Gasteiger charge is -2.32. The Hall–Kier alpha value is -2.09. The lowest BCUT2D eigenvalue weighted by molar-refractivity contribution is -0.152. The highest BCUT2D eigenvalue weighted by atomic mass is 19.4. The van der Waals surface area contributed by atoms with Crippen molar-refractivity contribution in [2.45, 2.75) is 25.1 Å². The molecule has 1 fully saturated rings. The maximum atomic E-state index is 12.5. The van der Waals surface area contributed by atoms with E-state index in [2.05, 4.69) is 5.32 Å². The number of amides is 1. The van der Waals surface area contributed by atoms with Crippen molar-refractivity contribution in [3.63, 3.8) is 0 Å². The van der Waals surface area contributed by atoms with Gasteiger partial charge in [-0.2, -0.15) is 13.2 Å². The van der Waals surface area contributed by atoms with E-state index in [1.807, 2.05) is 0 Å². The van der Waals surface area contributed by atoms with Crippen LogP contribution in [0.25, 0.3) is 0 Å². The van der Waals surface area contributed by atoms with Gasteiger partial charge >= 0.3 is 12.1 Å². The summed E-state index contributed by atoms with van der Waals surface area (Å²) in [6, 6.07) is 6.98. The minimum Gasteiger partial charge on any atom is -0.479 e. The number of hydrogen-bond acceptors (Lipinski definition) is 3. The normalized spacial score (nSPS) is 20.4. The highest BCUT2D eigenvalue weighted by Crippen LogP contribution is 2.23. The molecule has 0 saturated carbocycles. The fraction of sp³-hybridized carbons (Fsp3) is 0.500. The van der Waals surface area contributed by atoms with Crippen LogP contribution in [0.15, 0.2) is 30.3 Å². The summed E-state index contributed by atoms with van der Waals surface area (Å²) in [6.45, 7) is -0.797. The summed E-state index contributed by atoms with van der Waals surface area (Å²) in [4.78, 5) is 24.9. The SMILES string of the molecule is O=C(N[C@@H](C(=O)O)c1ccccc1)C1CCCN(CC(F)(F)F)C1. The summed E-state index contributed by atoms with van der Waals surface area (Å²) in [5.41, 5.74) is 0.418. The molecule has 1 saturated heterocycles. The molecule has 0 aromatic heterocycles. The van der Waals surface area contributed by atoms with E-state index in [1.165, 1.54) is 4.90 Å². The monoisotopic (exact) mass is 344 g/mol. The number of nitrogens with one attached hydrogen (secondary N) is 1. The highest BCUT2D eigenvalue weighted by Gasteiger charge is 2.35. The third-order valence-corrected chi connectivity index (χ3v) is 3.95. The van der Waals surface area contributed by atoms with Gasteiger partial charge in [0, 0.05) is 6.54 Å². The molecule has 24 heavy (non-hydrogen) atoms. The molecule has 2 atom stereocenters. The van der Waals surface area contributed by atoms with Crippen molar-refractivity contribution in [2.75, 3.05) is 19.6 Å². The summed E-state index contributed by atoms with van der Waals surface area (Å²) in [5, 5.41) is 11.7. The number of aliphatic carboxylic acids is 1. The van der Waals surface area contributed by atoms with E-state index in [1.54, 1.807) is 30.3 Å². The quantitative estimate of drug-likeness (QED) is 0.859. The van der Waals surface area contributed by atoms with Crippen molar-refractivity contribution < 1.29 is 27.9 Å². The zero-order valence-corrected chi connectivity index (χ0v) is 12.9. The first-order valence-electron chi connectivity index (χ1n) is 7.63. The number of nitrogens with zero attached hydrogens (tertiary/aromatic N) is 1. The molecule has 132 valence electrons. The van der Waals surface area contributed by atoms with Crippen molar-refractivity contribution in [1.29, 1.82) is 0 Å². The molecule has 0 spiro atoms. The Bertz CT molecular complexity index is 578. The van der Waals surface area contributed by atoms with E-state index in [4.69, 9.17) is 0 Å². The van der Waals surface area contributed by atoms with Gasteiger partial charge in [-0.1, -0.05) is 30.3 Å². The second-order valence-electron chi connectivity index (χ2n) is 5.88. The molecule has 5 nitrogen and oxygen atoms in total. The van der Waals surface area contributed by atoms with Gasteiger partial charge in [-0.3, -0.25) is 9.69 Å². The molecule has 0 bridgehead atoms. The Balaban J connectivity index is 2.01. The minimum absolute atomic E-state index is 0.0214. The molecule has 2 N–H and O–H groups in total. The van der Waals surface area contributed by atoms with Gasteiger partial charge in [0.2, 0.25) is 5.91 Å². The molecule has 0 radical (unpaired) electrons. The van der Waals surface area contributed by atoms with Gasteiger partial charge in [0.1, 0.15) is 0 Å². The molecule has 0 aliphatic carbocycles. The van der Waals surface area contributed by atoms with E-state index in [0.717, 1.165) is 0 Å². The molecule has 1 unspecified atom stereocenters. The Morgan fingerprint density at radius 1 is 1.29 bits per heavy atom. The lowest BCUT2D eigenvalue weighted by Crippen LogP contribution is -2.47. The standard InChI is InChI=1S/C16H19F3N2O3/c17-16(18,19)10-21-8-4-7-12(9-21)14(22)20-13(15(23)24)11-5-2-1-3-6-11/h1-3,5-6,12-13H,4,7-10H2,(H,20,22)(H,23,24)/t12?,13-/m1/s1. The van der Waals surface area contributed by atoms with Crippen molar-refractivity contribution >= 4 is 11.9 Å². The number of rotatable bonds is 5. The average Bonchev–Trinajstić information content (AvgIpc) is 2.51. The van der Waals surface area contributed by atoms with Gasteiger partial charge in [0.25, 0.3) is 0 Å². The number of carbonyl (C=O) groups is 2. The fourth-order valence-electron chi connectivity index (χ4n) is 2.86. The molecule has 1 aromatic carbocycles. The van der Waals surface area contributed by atoms with Crippen molar-refractivity contribution in [3.05, 3.63) is 35.9 Å². The van der Waals surface area contributed by atoms with Crippen LogP contribution in [0.5, 0.6) is 0 Å². The number of piperidine rings is 1. The Labute approximate surface area is 137 Å². The van der Waals surface area contributed by atoms with Crippen LogP contribution in [0.1, 0.15) is 24.4 Å². The molecule has 2 rings (SSSR count). The maximum Gasteiger partial charge on any atom is 0.401 e. The summed E-state index contributed by atoms with van der Waals surface area (Å²) >= 11 is 0. The Kier molecular flexibility index (Phi) is 5.82. The molecular weight excluding hydrogens is 325 g/mol. The second kappa shape index (κ2) is 7.65. The minimum atomic E-state index is -4.31. The van der Waals surface area contributed by atoms with Crippen molar-refractivity contribution in [2.24, 2.45) is 5.92 Å². The molecular formula is C16H19F3N2O3. The highest BCUT2D eigenvalue weighted by molar-refractivity contribution is 5.86. The van der Waals surface area contributed by atoms with Crippen molar-refractivity contribution in [1.82, 2.24) is 10.2 Å². The number of halogens is 3. The largest absolute Gasteiger partial charge is 0.479 e. The number of hydrogen-bond donors (Lipinski definition) is 2. The van der Waals surface area contributed by atoms with E-state index >= 15 is 0 Å². The third-order valence-electron chi connectivity index (χ3n) is 3.95. The van der Waals surface area contributed by atoms with E-state index in [9.17, 15) is 27.9 Å².